The van der Waals surface area contributed by atoms with E-state index in [9.17, 15) is 18.0 Å². The summed E-state index contributed by atoms with van der Waals surface area (Å²) in [5.74, 6) is -0.405. The highest BCUT2D eigenvalue weighted by molar-refractivity contribution is 7.89. The van der Waals surface area contributed by atoms with Gasteiger partial charge in [-0.25, -0.2) is 8.42 Å². The minimum atomic E-state index is -4.09. The third-order valence-corrected chi connectivity index (χ3v) is 8.50. The molecule has 1 amide bonds. The summed E-state index contributed by atoms with van der Waals surface area (Å²) in [5, 5.41) is 2.90. The van der Waals surface area contributed by atoms with Crippen LogP contribution >= 0.6 is 11.6 Å². The molecule has 4 rings (SSSR count). The summed E-state index contributed by atoms with van der Waals surface area (Å²) in [7, 11) is -2.65. The summed E-state index contributed by atoms with van der Waals surface area (Å²) in [6, 6.07) is 20.2. The van der Waals surface area contributed by atoms with Crippen molar-refractivity contribution >= 4 is 39.2 Å². The SMILES string of the molecule is CCOC(=O)C1(c2ccc(NC(=O)CN(Cc3ccccc3)S(=O)(=O)c3ccc(OC)c(Cl)c3)cc2)CC1. The molecule has 0 aromatic heterocycles. The lowest BCUT2D eigenvalue weighted by molar-refractivity contribution is -0.146. The first kappa shape index (κ1) is 27.6. The number of anilines is 1. The lowest BCUT2D eigenvalue weighted by atomic mass is 9.96. The molecule has 1 N–H and O–H groups in total. The first-order valence-electron chi connectivity index (χ1n) is 12.1. The molecule has 0 aliphatic heterocycles. The number of carbonyl (C=O) groups excluding carboxylic acids is 2. The van der Waals surface area contributed by atoms with E-state index in [1.165, 1.54) is 25.3 Å². The van der Waals surface area contributed by atoms with Gasteiger partial charge >= 0.3 is 5.97 Å². The molecule has 1 fully saturated rings. The number of nitrogens with one attached hydrogen (secondary N) is 1. The largest absolute Gasteiger partial charge is 0.495 e. The molecule has 200 valence electrons. The van der Waals surface area contributed by atoms with Gasteiger partial charge in [0, 0.05) is 12.2 Å². The maximum Gasteiger partial charge on any atom is 0.316 e. The van der Waals surface area contributed by atoms with Gasteiger partial charge in [0.15, 0.2) is 0 Å². The number of rotatable bonds is 11. The van der Waals surface area contributed by atoms with Gasteiger partial charge in [-0.2, -0.15) is 4.31 Å². The molecule has 0 unspecified atom stereocenters. The average molecular weight is 557 g/mol. The number of ether oxygens (including phenoxy) is 2. The first-order valence-corrected chi connectivity index (χ1v) is 14.0. The maximum absolute atomic E-state index is 13.6. The van der Waals surface area contributed by atoms with E-state index in [0.29, 0.717) is 18.0 Å². The van der Waals surface area contributed by atoms with Crippen LogP contribution in [0.15, 0.2) is 77.7 Å². The van der Waals surface area contributed by atoms with Crippen LogP contribution in [0.25, 0.3) is 0 Å². The maximum atomic E-state index is 13.6. The fourth-order valence-electron chi connectivity index (χ4n) is 4.21. The van der Waals surface area contributed by atoms with E-state index in [-0.39, 0.29) is 22.4 Å². The van der Waals surface area contributed by atoms with Gasteiger partial charge in [-0.1, -0.05) is 54.1 Å². The number of carbonyl (C=O) groups is 2. The molecule has 0 heterocycles. The van der Waals surface area contributed by atoms with Gasteiger partial charge in [-0.15, -0.1) is 0 Å². The molecule has 1 aliphatic rings. The van der Waals surface area contributed by atoms with E-state index in [1.54, 1.807) is 55.5 Å². The van der Waals surface area contributed by atoms with Crippen molar-refractivity contribution in [2.75, 3.05) is 25.6 Å². The first-order chi connectivity index (χ1) is 18.2. The van der Waals surface area contributed by atoms with Gasteiger partial charge in [0.25, 0.3) is 0 Å². The van der Waals surface area contributed by atoms with Crippen LogP contribution in [0, 0.1) is 0 Å². The summed E-state index contributed by atoms with van der Waals surface area (Å²) < 4.78 is 38.6. The van der Waals surface area contributed by atoms with Crippen LogP contribution in [0.5, 0.6) is 5.75 Å². The number of esters is 1. The normalized spacial score (nSPS) is 14.1. The van der Waals surface area contributed by atoms with Crippen molar-refractivity contribution in [3.05, 3.63) is 88.9 Å². The van der Waals surface area contributed by atoms with Crippen molar-refractivity contribution in [3.63, 3.8) is 0 Å². The minimum absolute atomic E-state index is 0.0127. The lowest BCUT2D eigenvalue weighted by Gasteiger charge is -2.22. The standard InChI is InChI=1S/C28H29ClN2O6S/c1-3-37-27(33)28(15-16-28)21-9-11-22(12-10-21)30-26(32)19-31(18-20-7-5-4-6-8-20)38(34,35)23-13-14-25(36-2)24(29)17-23/h4-14,17H,3,15-16,18-19H2,1-2H3,(H,30,32). The van der Waals surface area contributed by atoms with Crippen molar-refractivity contribution in [3.8, 4) is 5.75 Å². The smallest absolute Gasteiger partial charge is 0.316 e. The second-order valence-electron chi connectivity index (χ2n) is 8.98. The molecular formula is C28H29ClN2O6S. The fraction of sp³-hybridized carbons (Fsp3) is 0.286. The molecule has 3 aromatic rings. The van der Waals surface area contributed by atoms with E-state index in [1.807, 2.05) is 6.07 Å². The van der Waals surface area contributed by atoms with E-state index >= 15 is 0 Å². The number of benzene rings is 3. The van der Waals surface area contributed by atoms with Crippen LogP contribution in [0.1, 0.15) is 30.9 Å². The Morgan fingerprint density at radius 1 is 1.03 bits per heavy atom. The second-order valence-corrected chi connectivity index (χ2v) is 11.3. The fourth-order valence-corrected chi connectivity index (χ4v) is 5.94. The van der Waals surface area contributed by atoms with Gasteiger partial charge < -0.3 is 14.8 Å². The molecule has 10 heteroatoms. The van der Waals surface area contributed by atoms with Crippen molar-refractivity contribution in [2.45, 2.75) is 36.6 Å². The number of hydrogen-bond donors (Lipinski definition) is 1. The zero-order chi connectivity index (χ0) is 27.3. The zero-order valence-electron chi connectivity index (χ0n) is 21.1. The topological polar surface area (TPSA) is 102 Å². The second kappa shape index (κ2) is 11.6. The molecule has 0 atom stereocenters. The van der Waals surface area contributed by atoms with Crippen LogP contribution in [0.4, 0.5) is 5.69 Å². The van der Waals surface area contributed by atoms with Crippen LogP contribution in [0.3, 0.4) is 0 Å². The Morgan fingerprint density at radius 2 is 1.71 bits per heavy atom. The third kappa shape index (κ3) is 6.01. The molecule has 8 nitrogen and oxygen atoms in total. The van der Waals surface area contributed by atoms with Crippen LogP contribution in [-0.2, 0) is 36.3 Å². The van der Waals surface area contributed by atoms with Crippen molar-refractivity contribution < 1.29 is 27.5 Å². The predicted octanol–water partition coefficient (Wildman–Crippen LogP) is 4.77. The molecule has 0 radical (unpaired) electrons. The van der Waals surface area contributed by atoms with Crippen molar-refractivity contribution in [2.24, 2.45) is 0 Å². The number of sulfonamides is 1. The Hall–Kier alpha value is -3.40. The molecule has 1 aliphatic carbocycles. The highest BCUT2D eigenvalue weighted by Gasteiger charge is 2.52. The van der Waals surface area contributed by atoms with Gasteiger partial charge in [0.1, 0.15) is 5.75 Å². The highest BCUT2D eigenvalue weighted by Crippen LogP contribution is 2.49. The Bertz CT molecular complexity index is 1410. The third-order valence-electron chi connectivity index (χ3n) is 6.42. The van der Waals surface area contributed by atoms with Crippen molar-refractivity contribution in [1.82, 2.24) is 4.31 Å². The van der Waals surface area contributed by atoms with E-state index in [2.05, 4.69) is 5.32 Å². The lowest BCUT2D eigenvalue weighted by Crippen LogP contribution is -2.37. The van der Waals surface area contributed by atoms with Gasteiger partial charge in [-0.05, 0) is 61.2 Å². The summed E-state index contributed by atoms with van der Waals surface area (Å²) in [6.07, 6.45) is 1.44. The molecule has 3 aromatic carbocycles. The van der Waals surface area contributed by atoms with Gasteiger partial charge in [-0.3, -0.25) is 9.59 Å². The predicted molar refractivity (Wildman–Crippen MR) is 145 cm³/mol. The minimum Gasteiger partial charge on any atom is -0.495 e. The Morgan fingerprint density at radius 3 is 2.29 bits per heavy atom. The number of hydrogen-bond acceptors (Lipinski definition) is 6. The molecule has 1 saturated carbocycles. The van der Waals surface area contributed by atoms with Crippen LogP contribution < -0.4 is 10.1 Å². The summed E-state index contributed by atoms with van der Waals surface area (Å²) in [6.45, 7) is 1.66. The van der Waals surface area contributed by atoms with Crippen molar-refractivity contribution in [1.29, 1.82) is 0 Å². The summed E-state index contributed by atoms with van der Waals surface area (Å²) >= 11 is 6.18. The van der Waals surface area contributed by atoms with Gasteiger partial charge in [0.05, 0.1) is 35.6 Å². The summed E-state index contributed by atoms with van der Waals surface area (Å²) in [4.78, 5) is 25.3. The average Bonchev–Trinajstić information content (AvgIpc) is 3.72. The Labute approximate surface area is 227 Å². The van der Waals surface area contributed by atoms with E-state index in [0.717, 1.165) is 28.3 Å². The molecule has 0 spiro atoms. The number of nitrogens with zero attached hydrogens (tertiary/aromatic N) is 1. The molecule has 0 bridgehead atoms. The Kier molecular flexibility index (Phi) is 8.40. The van der Waals surface area contributed by atoms with E-state index < -0.39 is 27.9 Å². The highest BCUT2D eigenvalue weighted by atomic mass is 35.5. The Balaban J connectivity index is 1.52. The molecule has 38 heavy (non-hydrogen) atoms. The number of methoxy groups -OCH3 is 1. The zero-order valence-corrected chi connectivity index (χ0v) is 22.7. The number of halogens is 1. The monoisotopic (exact) mass is 556 g/mol. The van der Waals surface area contributed by atoms with Crippen LogP contribution in [-0.4, -0.2) is 44.9 Å². The summed E-state index contributed by atoms with van der Waals surface area (Å²) in [5.41, 5.74) is 1.43. The number of amides is 1. The quantitative estimate of drug-likeness (QED) is 0.341. The molecule has 0 saturated heterocycles. The molecular weight excluding hydrogens is 528 g/mol. The van der Waals surface area contributed by atoms with Crippen LogP contribution in [0.2, 0.25) is 5.02 Å². The van der Waals surface area contributed by atoms with E-state index in [4.69, 9.17) is 21.1 Å². The van der Waals surface area contributed by atoms with Gasteiger partial charge in [0.2, 0.25) is 15.9 Å².